The molecule has 0 spiro atoms. The van der Waals surface area contributed by atoms with Crippen LogP contribution in [0.4, 0.5) is 0 Å². The predicted molar refractivity (Wildman–Crippen MR) is 62.4 cm³/mol. The standard InChI is InChI=1S/C13H16O4/c1-2-9-7-17-12(9)8-16-11-5-3-10(4-6-11)13(14)15/h3-6,9,12H,2,7-8H2,1H3,(H,14,15). The molecule has 4 nitrogen and oxygen atoms in total. The number of hydrogen-bond acceptors (Lipinski definition) is 3. The Kier molecular flexibility index (Phi) is 3.64. The third kappa shape index (κ3) is 2.77. The van der Waals surface area contributed by atoms with Crippen molar-refractivity contribution in [1.82, 2.24) is 0 Å². The van der Waals surface area contributed by atoms with Gasteiger partial charge in [0.05, 0.1) is 18.3 Å². The topological polar surface area (TPSA) is 55.8 Å². The molecule has 0 radical (unpaired) electrons. The largest absolute Gasteiger partial charge is 0.491 e. The number of carboxylic acid groups (broad SMARTS) is 1. The van der Waals surface area contributed by atoms with Crippen LogP contribution in [0.3, 0.4) is 0 Å². The van der Waals surface area contributed by atoms with Crippen molar-refractivity contribution in [3.05, 3.63) is 29.8 Å². The van der Waals surface area contributed by atoms with Crippen LogP contribution >= 0.6 is 0 Å². The van der Waals surface area contributed by atoms with E-state index in [2.05, 4.69) is 6.92 Å². The molecule has 0 bridgehead atoms. The average molecular weight is 236 g/mol. The highest BCUT2D eigenvalue weighted by molar-refractivity contribution is 5.87. The fraction of sp³-hybridized carbons (Fsp3) is 0.462. The summed E-state index contributed by atoms with van der Waals surface area (Å²) < 4.78 is 11.0. The highest BCUT2D eigenvalue weighted by atomic mass is 16.5. The van der Waals surface area contributed by atoms with E-state index in [-0.39, 0.29) is 11.7 Å². The maximum Gasteiger partial charge on any atom is 0.335 e. The molecule has 2 rings (SSSR count). The van der Waals surface area contributed by atoms with Crippen LogP contribution < -0.4 is 4.74 Å². The predicted octanol–water partition coefficient (Wildman–Crippen LogP) is 2.19. The zero-order valence-electron chi connectivity index (χ0n) is 9.76. The molecule has 1 heterocycles. The lowest BCUT2D eigenvalue weighted by atomic mass is 9.96. The summed E-state index contributed by atoms with van der Waals surface area (Å²) in [5, 5.41) is 8.75. The van der Waals surface area contributed by atoms with E-state index < -0.39 is 5.97 Å². The monoisotopic (exact) mass is 236 g/mol. The van der Waals surface area contributed by atoms with E-state index in [0.29, 0.717) is 18.3 Å². The van der Waals surface area contributed by atoms with Gasteiger partial charge >= 0.3 is 5.97 Å². The maximum absolute atomic E-state index is 10.7. The van der Waals surface area contributed by atoms with Crippen LogP contribution in [0.15, 0.2) is 24.3 Å². The van der Waals surface area contributed by atoms with Crippen LogP contribution in [0.1, 0.15) is 23.7 Å². The summed E-state index contributed by atoms with van der Waals surface area (Å²) in [6, 6.07) is 6.42. The quantitative estimate of drug-likeness (QED) is 0.851. The Bertz CT molecular complexity index is 383. The molecule has 1 N–H and O–H groups in total. The number of hydrogen-bond donors (Lipinski definition) is 1. The van der Waals surface area contributed by atoms with Crippen LogP contribution in [0, 0.1) is 5.92 Å². The van der Waals surface area contributed by atoms with Crippen molar-refractivity contribution >= 4 is 5.97 Å². The van der Waals surface area contributed by atoms with E-state index in [4.69, 9.17) is 14.6 Å². The minimum atomic E-state index is -0.926. The van der Waals surface area contributed by atoms with Crippen LogP contribution in [0.5, 0.6) is 5.75 Å². The normalized spacial score (nSPS) is 22.9. The number of benzene rings is 1. The first kappa shape index (κ1) is 11.9. The summed E-state index contributed by atoms with van der Waals surface area (Å²) in [7, 11) is 0. The van der Waals surface area contributed by atoms with Gasteiger partial charge in [0.15, 0.2) is 0 Å². The van der Waals surface area contributed by atoms with Gasteiger partial charge in [-0.25, -0.2) is 4.79 Å². The van der Waals surface area contributed by atoms with Gasteiger partial charge in [-0.15, -0.1) is 0 Å². The van der Waals surface area contributed by atoms with Crippen LogP contribution in [-0.4, -0.2) is 30.4 Å². The second-order valence-corrected chi connectivity index (χ2v) is 4.18. The molecule has 2 atom stereocenters. The summed E-state index contributed by atoms with van der Waals surface area (Å²) in [5.74, 6) is 0.346. The summed E-state index contributed by atoms with van der Waals surface area (Å²) in [6.45, 7) is 3.50. The lowest BCUT2D eigenvalue weighted by molar-refractivity contribution is -0.131. The number of carbonyl (C=O) groups is 1. The van der Waals surface area contributed by atoms with Gasteiger partial charge in [-0.1, -0.05) is 6.92 Å². The Hall–Kier alpha value is -1.55. The van der Waals surface area contributed by atoms with Gasteiger partial charge in [0.25, 0.3) is 0 Å². The Labute approximate surface area is 100 Å². The van der Waals surface area contributed by atoms with Crippen molar-refractivity contribution in [2.75, 3.05) is 13.2 Å². The van der Waals surface area contributed by atoms with Crippen molar-refractivity contribution < 1.29 is 19.4 Å². The molecule has 0 saturated carbocycles. The van der Waals surface area contributed by atoms with Crippen LogP contribution in [0.25, 0.3) is 0 Å². The maximum atomic E-state index is 10.7. The highest BCUT2D eigenvalue weighted by Gasteiger charge is 2.30. The van der Waals surface area contributed by atoms with Gasteiger partial charge < -0.3 is 14.6 Å². The number of aromatic carboxylic acids is 1. The first-order chi connectivity index (χ1) is 8.20. The highest BCUT2D eigenvalue weighted by Crippen LogP contribution is 2.24. The second-order valence-electron chi connectivity index (χ2n) is 4.18. The molecule has 1 fully saturated rings. The van der Waals surface area contributed by atoms with E-state index in [1.807, 2.05) is 0 Å². The minimum Gasteiger partial charge on any atom is -0.491 e. The average Bonchev–Trinajstić information content (AvgIpc) is 2.29. The lowest BCUT2D eigenvalue weighted by Gasteiger charge is -2.35. The number of carboxylic acids is 1. The molecular formula is C13H16O4. The zero-order valence-corrected chi connectivity index (χ0v) is 9.76. The molecule has 17 heavy (non-hydrogen) atoms. The Morgan fingerprint density at radius 3 is 2.65 bits per heavy atom. The van der Waals surface area contributed by atoms with Gasteiger partial charge in [0.2, 0.25) is 0 Å². The first-order valence-electron chi connectivity index (χ1n) is 5.78. The Morgan fingerprint density at radius 2 is 2.18 bits per heavy atom. The molecule has 0 aliphatic carbocycles. The molecule has 1 aliphatic rings. The molecule has 1 aromatic rings. The van der Waals surface area contributed by atoms with Crippen molar-refractivity contribution in [3.63, 3.8) is 0 Å². The minimum absolute atomic E-state index is 0.180. The van der Waals surface area contributed by atoms with Crippen molar-refractivity contribution in [2.45, 2.75) is 19.4 Å². The summed E-state index contributed by atoms with van der Waals surface area (Å²) in [5.41, 5.74) is 0.267. The number of rotatable bonds is 5. The molecule has 1 aromatic carbocycles. The molecule has 0 amide bonds. The Morgan fingerprint density at radius 1 is 1.47 bits per heavy atom. The SMILES string of the molecule is CCC1COC1COc1ccc(C(=O)O)cc1. The van der Waals surface area contributed by atoms with Gasteiger partial charge in [-0.05, 0) is 30.7 Å². The molecule has 1 aliphatic heterocycles. The second kappa shape index (κ2) is 5.19. The van der Waals surface area contributed by atoms with Gasteiger partial charge in [-0.2, -0.15) is 0 Å². The number of ether oxygens (including phenoxy) is 2. The van der Waals surface area contributed by atoms with Gasteiger partial charge in [0, 0.05) is 5.92 Å². The molecule has 4 heteroatoms. The molecule has 0 aromatic heterocycles. The molecule has 2 unspecified atom stereocenters. The molecule has 1 saturated heterocycles. The van der Waals surface area contributed by atoms with E-state index in [1.54, 1.807) is 12.1 Å². The van der Waals surface area contributed by atoms with Crippen LogP contribution in [-0.2, 0) is 4.74 Å². The third-order valence-electron chi connectivity index (χ3n) is 3.09. The van der Waals surface area contributed by atoms with Gasteiger partial charge in [0.1, 0.15) is 12.4 Å². The smallest absolute Gasteiger partial charge is 0.335 e. The summed E-state index contributed by atoms with van der Waals surface area (Å²) >= 11 is 0. The van der Waals surface area contributed by atoms with Crippen LogP contribution in [0.2, 0.25) is 0 Å². The molecule has 92 valence electrons. The Balaban J connectivity index is 1.85. The fourth-order valence-corrected chi connectivity index (χ4v) is 1.81. The fourth-order valence-electron chi connectivity index (χ4n) is 1.81. The summed E-state index contributed by atoms with van der Waals surface area (Å²) in [4.78, 5) is 10.7. The third-order valence-corrected chi connectivity index (χ3v) is 3.09. The zero-order chi connectivity index (χ0) is 12.3. The summed E-state index contributed by atoms with van der Waals surface area (Å²) in [6.07, 6.45) is 1.28. The van der Waals surface area contributed by atoms with E-state index in [1.165, 1.54) is 12.1 Å². The van der Waals surface area contributed by atoms with Crippen molar-refractivity contribution in [3.8, 4) is 5.75 Å². The van der Waals surface area contributed by atoms with Crippen molar-refractivity contribution in [1.29, 1.82) is 0 Å². The van der Waals surface area contributed by atoms with E-state index in [9.17, 15) is 4.79 Å². The van der Waals surface area contributed by atoms with Gasteiger partial charge in [-0.3, -0.25) is 0 Å². The van der Waals surface area contributed by atoms with E-state index in [0.717, 1.165) is 13.0 Å². The first-order valence-corrected chi connectivity index (χ1v) is 5.78. The lowest BCUT2D eigenvalue weighted by Crippen LogP contribution is -2.43. The molecular weight excluding hydrogens is 220 g/mol. The van der Waals surface area contributed by atoms with Crippen molar-refractivity contribution in [2.24, 2.45) is 5.92 Å². The van der Waals surface area contributed by atoms with E-state index >= 15 is 0 Å².